The van der Waals surface area contributed by atoms with E-state index >= 15 is 0 Å². The monoisotopic (exact) mass is 542 g/mol. The zero-order valence-electron chi connectivity index (χ0n) is 22.2. The first kappa shape index (κ1) is 25.9. The number of likely N-dealkylation sites (tertiary alicyclic amines) is 1. The molecule has 0 radical (unpaired) electrons. The second-order valence-corrected chi connectivity index (χ2v) is 11.7. The second-order valence-electron chi connectivity index (χ2n) is 11.3. The molecule has 3 aliphatic rings. The highest BCUT2D eigenvalue weighted by Gasteiger charge is 2.39. The Labute approximate surface area is 235 Å². The second kappa shape index (κ2) is 11.0. The number of piperidine rings is 2. The molecule has 0 saturated carbocycles. The van der Waals surface area contributed by atoms with Crippen LogP contribution in [0.1, 0.15) is 65.2 Å². The highest BCUT2D eigenvalue weighted by atomic mass is 35.5. The number of anilines is 1. The Hall–Kier alpha value is -3.38. The number of hydrogen-bond acceptors (Lipinski definition) is 4. The Morgan fingerprint density at radius 3 is 2.41 bits per heavy atom. The van der Waals surface area contributed by atoms with Crippen molar-refractivity contribution in [1.82, 2.24) is 15.2 Å². The van der Waals surface area contributed by atoms with Crippen LogP contribution in [0.4, 0.5) is 5.69 Å². The van der Waals surface area contributed by atoms with Crippen molar-refractivity contribution in [3.05, 3.63) is 94.3 Å². The molecule has 1 spiro atoms. The number of carbonyl (C=O) groups is 2. The summed E-state index contributed by atoms with van der Waals surface area (Å²) in [5, 5.41) is 3.79. The van der Waals surface area contributed by atoms with Crippen molar-refractivity contribution in [3.8, 4) is 0 Å². The van der Waals surface area contributed by atoms with Crippen LogP contribution in [0.25, 0.3) is 0 Å². The van der Waals surface area contributed by atoms with Crippen LogP contribution in [0, 0.1) is 5.41 Å². The fraction of sp³-hybridized carbons (Fsp3) is 0.406. The number of aryl methyl sites for hydroxylation is 1. The molecule has 1 aliphatic carbocycles. The molecule has 6 nitrogen and oxygen atoms in total. The van der Waals surface area contributed by atoms with Crippen LogP contribution in [-0.4, -0.2) is 47.9 Å². The number of benzene rings is 2. The summed E-state index contributed by atoms with van der Waals surface area (Å²) in [6, 6.07) is 17.6. The molecule has 7 heteroatoms. The molecule has 6 rings (SSSR count). The quantitative estimate of drug-likeness (QED) is 0.455. The van der Waals surface area contributed by atoms with Crippen molar-refractivity contribution < 1.29 is 9.59 Å². The highest BCUT2D eigenvalue weighted by molar-refractivity contribution is 6.31. The summed E-state index contributed by atoms with van der Waals surface area (Å²) in [7, 11) is 0. The maximum absolute atomic E-state index is 13.5. The van der Waals surface area contributed by atoms with Crippen LogP contribution < -0.4 is 10.2 Å². The van der Waals surface area contributed by atoms with E-state index in [-0.39, 0.29) is 24.3 Å². The Morgan fingerprint density at radius 1 is 0.949 bits per heavy atom. The van der Waals surface area contributed by atoms with Crippen LogP contribution in [0.5, 0.6) is 0 Å². The van der Waals surface area contributed by atoms with Gasteiger partial charge in [0.25, 0.3) is 5.91 Å². The van der Waals surface area contributed by atoms with Gasteiger partial charge in [-0.3, -0.25) is 14.6 Å². The Bertz CT molecular complexity index is 1340. The maximum Gasteiger partial charge on any atom is 0.253 e. The lowest BCUT2D eigenvalue weighted by Crippen LogP contribution is -2.48. The van der Waals surface area contributed by atoms with Gasteiger partial charge < -0.3 is 15.1 Å². The van der Waals surface area contributed by atoms with Crippen molar-refractivity contribution in [3.63, 3.8) is 0 Å². The zero-order valence-corrected chi connectivity index (χ0v) is 23.0. The molecule has 0 bridgehead atoms. The first-order chi connectivity index (χ1) is 19.0. The number of carbonyl (C=O) groups excluding carboxylic acids is 2. The van der Waals surface area contributed by atoms with Gasteiger partial charge in [0.15, 0.2) is 0 Å². The third-order valence-electron chi connectivity index (χ3n) is 9.08. The zero-order chi connectivity index (χ0) is 26.8. The third kappa shape index (κ3) is 5.53. The van der Waals surface area contributed by atoms with Gasteiger partial charge in [0.05, 0.1) is 12.5 Å². The first-order valence-corrected chi connectivity index (χ1v) is 14.5. The molecule has 2 aliphatic heterocycles. The number of halogens is 1. The van der Waals surface area contributed by atoms with Crippen molar-refractivity contribution >= 4 is 29.1 Å². The molecular formula is C32H35ClN4O2. The van der Waals surface area contributed by atoms with E-state index in [1.54, 1.807) is 6.07 Å². The van der Waals surface area contributed by atoms with Crippen LogP contribution in [0.3, 0.4) is 0 Å². The number of fused-ring (bicyclic) bond motifs is 1. The summed E-state index contributed by atoms with van der Waals surface area (Å²) >= 11 is 6.25. The minimum atomic E-state index is -0.0713. The van der Waals surface area contributed by atoms with E-state index in [4.69, 9.17) is 11.6 Å². The average molecular weight is 543 g/mol. The number of rotatable bonds is 5. The van der Waals surface area contributed by atoms with Crippen LogP contribution in [-0.2, 0) is 17.6 Å². The third-order valence-corrected chi connectivity index (χ3v) is 9.45. The molecule has 2 fully saturated rings. The fourth-order valence-electron chi connectivity index (χ4n) is 6.61. The smallest absolute Gasteiger partial charge is 0.253 e. The number of hydrogen-bond donors (Lipinski definition) is 1. The van der Waals surface area contributed by atoms with Crippen LogP contribution in [0.15, 0.2) is 67.0 Å². The van der Waals surface area contributed by atoms with Crippen molar-refractivity contribution in [2.24, 2.45) is 5.41 Å². The standard InChI is InChI=1S/C32H35ClN4O2/c33-28-4-2-1-3-24(28)22-30(38)35-29-8-7-23-5-6-25(21-27(23)29)31(39)37-19-13-32(14-20-37)11-17-36(18-12-32)26-9-15-34-16-10-26/h1-6,9-10,15-16,21,29H,7-8,11-14,17-20,22H2,(H,35,38). The molecule has 3 aromatic rings. The Morgan fingerprint density at radius 2 is 1.67 bits per heavy atom. The van der Waals surface area contributed by atoms with Crippen molar-refractivity contribution in [1.29, 1.82) is 0 Å². The van der Waals surface area contributed by atoms with Gasteiger partial charge >= 0.3 is 0 Å². The number of aromatic nitrogens is 1. The molecule has 202 valence electrons. The lowest BCUT2D eigenvalue weighted by molar-refractivity contribution is -0.121. The van der Waals surface area contributed by atoms with Crippen molar-refractivity contribution in [2.75, 3.05) is 31.1 Å². The summed E-state index contributed by atoms with van der Waals surface area (Å²) in [6.45, 7) is 3.74. The van der Waals surface area contributed by atoms with Gasteiger partial charge in [-0.15, -0.1) is 0 Å². The summed E-state index contributed by atoms with van der Waals surface area (Å²) in [4.78, 5) is 34.9. The summed E-state index contributed by atoms with van der Waals surface area (Å²) in [5.41, 5.74) is 5.44. The van der Waals surface area contributed by atoms with E-state index in [1.807, 2.05) is 47.6 Å². The first-order valence-electron chi connectivity index (χ1n) is 14.1. The average Bonchev–Trinajstić information content (AvgIpc) is 3.37. The SMILES string of the molecule is O=C(Cc1ccccc1Cl)NC1CCc2ccc(C(=O)N3CCC4(CC3)CCN(c3ccncc3)CC4)cc21. The van der Waals surface area contributed by atoms with Gasteiger partial charge in [0.1, 0.15) is 0 Å². The predicted molar refractivity (Wildman–Crippen MR) is 154 cm³/mol. The number of amides is 2. The Kier molecular flexibility index (Phi) is 7.30. The van der Waals surface area contributed by atoms with Gasteiger partial charge in [-0.2, -0.15) is 0 Å². The lowest BCUT2D eigenvalue weighted by atomic mass is 9.71. The molecule has 1 N–H and O–H groups in total. The van der Waals surface area contributed by atoms with E-state index in [0.717, 1.165) is 68.6 Å². The molecule has 1 atom stereocenters. The van der Waals surface area contributed by atoms with E-state index in [1.165, 1.54) is 24.1 Å². The molecular weight excluding hydrogens is 508 g/mol. The number of nitrogens with one attached hydrogen (secondary N) is 1. The maximum atomic E-state index is 13.5. The molecule has 1 unspecified atom stereocenters. The van der Waals surface area contributed by atoms with E-state index in [2.05, 4.69) is 33.4 Å². The van der Waals surface area contributed by atoms with Gasteiger partial charge in [-0.1, -0.05) is 35.9 Å². The molecule has 2 aromatic carbocycles. The predicted octanol–water partition coefficient (Wildman–Crippen LogP) is 5.60. The largest absolute Gasteiger partial charge is 0.371 e. The van der Waals surface area contributed by atoms with Gasteiger partial charge in [-0.25, -0.2) is 0 Å². The summed E-state index contributed by atoms with van der Waals surface area (Å²) in [6.07, 6.45) is 10.2. The normalized spacial score (nSPS) is 20.1. The molecule has 1 aromatic heterocycles. The molecule has 39 heavy (non-hydrogen) atoms. The highest BCUT2D eigenvalue weighted by Crippen LogP contribution is 2.42. The van der Waals surface area contributed by atoms with Crippen molar-refractivity contribution in [2.45, 2.75) is 51.0 Å². The number of nitrogens with zero attached hydrogens (tertiary/aromatic N) is 3. The minimum absolute atomic E-state index is 0.0472. The van der Waals surface area contributed by atoms with Gasteiger partial charge in [0, 0.05) is 54.8 Å². The summed E-state index contributed by atoms with van der Waals surface area (Å²) < 4.78 is 0. The van der Waals surface area contributed by atoms with E-state index in [0.29, 0.717) is 10.4 Å². The van der Waals surface area contributed by atoms with Gasteiger partial charge in [-0.05, 0) is 91.0 Å². The molecule has 3 heterocycles. The van der Waals surface area contributed by atoms with Gasteiger partial charge in [0.2, 0.25) is 5.91 Å². The Balaban J connectivity index is 1.06. The molecule has 2 saturated heterocycles. The molecule has 2 amide bonds. The minimum Gasteiger partial charge on any atom is -0.371 e. The van der Waals surface area contributed by atoms with E-state index in [9.17, 15) is 9.59 Å². The number of pyridine rings is 1. The lowest BCUT2D eigenvalue weighted by Gasteiger charge is -2.47. The van der Waals surface area contributed by atoms with Crippen LogP contribution in [0.2, 0.25) is 5.02 Å². The topological polar surface area (TPSA) is 65.5 Å². The van der Waals surface area contributed by atoms with E-state index < -0.39 is 0 Å². The van der Waals surface area contributed by atoms with Crippen LogP contribution >= 0.6 is 11.6 Å². The summed E-state index contributed by atoms with van der Waals surface area (Å²) in [5.74, 6) is 0.0592. The fourth-order valence-corrected chi connectivity index (χ4v) is 6.81.